The van der Waals surface area contributed by atoms with Gasteiger partial charge >= 0.3 is 5.97 Å². The fourth-order valence-corrected chi connectivity index (χ4v) is 4.22. The Labute approximate surface area is 124 Å². The summed E-state index contributed by atoms with van der Waals surface area (Å²) in [5.41, 5.74) is 0.789. The minimum atomic E-state index is -3.81. The van der Waals surface area contributed by atoms with E-state index in [1.807, 2.05) is 0 Å². The van der Waals surface area contributed by atoms with Gasteiger partial charge in [0.15, 0.2) is 0 Å². The smallest absolute Gasteiger partial charge is 0.308 e. The van der Waals surface area contributed by atoms with Crippen molar-refractivity contribution in [3.05, 3.63) is 23.8 Å². The number of aryl methyl sites for hydroxylation is 1. The molecule has 1 aliphatic carbocycles. The number of benzene rings is 1. The summed E-state index contributed by atoms with van der Waals surface area (Å²) >= 11 is 0. The largest absolute Gasteiger partial charge is 0.495 e. The zero-order valence-corrected chi connectivity index (χ0v) is 12.8. The first-order chi connectivity index (χ1) is 9.85. The van der Waals surface area contributed by atoms with Gasteiger partial charge in [-0.25, -0.2) is 13.1 Å². The van der Waals surface area contributed by atoms with E-state index in [4.69, 9.17) is 9.84 Å². The fraction of sp³-hybridized carbons (Fsp3) is 0.500. The second kappa shape index (κ2) is 6.03. The van der Waals surface area contributed by atoms with Crippen LogP contribution in [0.4, 0.5) is 0 Å². The van der Waals surface area contributed by atoms with Gasteiger partial charge in [0.1, 0.15) is 10.6 Å². The van der Waals surface area contributed by atoms with Gasteiger partial charge in [-0.3, -0.25) is 4.79 Å². The van der Waals surface area contributed by atoms with E-state index in [1.54, 1.807) is 19.1 Å². The Morgan fingerprint density at radius 1 is 1.38 bits per heavy atom. The van der Waals surface area contributed by atoms with Crippen LogP contribution in [0.15, 0.2) is 23.1 Å². The van der Waals surface area contributed by atoms with E-state index in [1.165, 1.54) is 13.2 Å². The molecule has 1 aromatic carbocycles. The molecule has 116 valence electrons. The Hall–Kier alpha value is -1.60. The Morgan fingerprint density at radius 2 is 2.10 bits per heavy atom. The molecule has 0 amide bonds. The van der Waals surface area contributed by atoms with Crippen LogP contribution in [-0.2, 0) is 14.8 Å². The maximum atomic E-state index is 12.5. The van der Waals surface area contributed by atoms with Crippen LogP contribution >= 0.6 is 0 Å². The average Bonchev–Trinajstić information content (AvgIpc) is 2.86. The molecule has 2 unspecified atom stereocenters. The van der Waals surface area contributed by atoms with Crippen LogP contribution in [0.1, 0.15) is 24.8 Å². The van der Waals surface area contributed by atoms with E-state index in [0.29, 0.717) is 19.3 Å². The molecule has 1 saturated carbocycles. The van der Waals surface area contributed by atoms with Gasteiger partial charge < -0.3 is 9.84 Å². The van der Waals surface area contributed by atoms with E-state index >= 15 is 0 Å². The lowest BCUT2D eigenvalue weighted by Crippen LogP contribution is -2.40. The van der Waals surface area contributed by atoms with Crippen molar-refractivity contribution < 1.29 is 23.1 Å². The summed E-state index contributed by atoms with van der Waals surface area (Å²) in [5.74, 6) is -1.38. The molecular formula is C14H19NO5S. The molecule has 7 heteroatoms. The summed E-state index contributed by atoms with van der Waals surface area (Å²) in [4.78, 5) is 11.2. The lowest BCUT2D eigenvalue weighted by molar-refractivity contribution is -0.141. The van der Waals surface area contributed by atoms with Gasteiger partial charge in [-0.15, -0.1) is 0 Å². The number of hydrogen-bond donors (Lipinski definition) is 2. The minimum Gasteiger partial charge on any atom is -0.495 e. The number of carboxylic acids is 1. The van der Waals surface area contributed by atoms with Crippen LogP contribution in [0.25, 0.3) is 0 Å². The number of sulfonamides is 1. The summed E-state index contributed by atoms with van der Waals surface area (Å²) in [6.45, 7) is 1.79. The first-order valence-electron chi connectivity index (χ1n) is 6.75. The number of ether oxygens (including phenoxy) is 1. The lowest BCUT2D eigenvalue weighted by atomic mass is 10.1. The number of rotatable bonds is 5. The molecule has 1 fully saturated rings. The van der Waals surface area contributed by atoms with Crippen molar-refractivity contribution >= 4 is 16.0 Å². The molecule has 1 aromatic rings. The molecule has 0 bridgehead atoms. The molecular weight excluding hydrogens is 294 g/mol. The Kier molecular flexibility index (Phi) is 4.53. The maximum Gasteiger partial charge on any atom is 0.308 e. The number of carbonyl (C=O) groups is 1. The quantitative estimate of drug-likeness (QED) is 0.860. The van der Waals surface area contributed by atoms with Gasteiger partial charge in [0.2, 0.25) is 10.0 Å². The van der Waals surface area contributed by atoms with Crippen LogP contribution in [0, 0.1) is 12.8 Å². The first-order valence-corrected chi connectivity index (χ1v) is 8.23. The standard InChI is InChI=1S/C14H19NO5S/c1-9-6-7-12(20-2)13(8-9)21(18,19)15-11-5-3-4-10(11)14(16)17/h6-8,10-11,15H,3-5H2,1-2H3,(H,16,17). The number of methoxy groups -OCH3 is 1. The van der Waals surface area contributed by atoms with Gasteiger partial charge in [-0.05, 0) is 37.5 Å². The molecule has 0 spiro atoms. The molecule has 0 radical (unpaired) electrons. The number of nitrogens with one attached hydrogen (secondary N) is 1. The molecule has 21 heavy (non-hydrogen) atoms. The first kappa shape index (κ1) is 15.8. The van der Waals surface area contributed by atoms with Crippen molar-refractivity contribution in [2.45, 2.75) is 37.1 Å². The molecule has 0 aromatic heterocycles. The Balaban J connectivity index is 2.30. The molecule has 6 nitrogen and oxygen atoms in total. The minimum absolute atomic E-state index is 0.0426. The third kappa shape index (κ3) is 3.36. The lowest BCUT2D eigenvalue weighted by Gasteiger charge is -2.19. The van der Waals surface area contributed by atoms with Crippen molar-refractivity contribution in [1.29, 1.82) is 0 Å². The Bertz CT molecular complexity index is 641. The molecule has 1 aliphatic rings. The van der Waals surface area contributed by atoms with Gasteiger partial charge in [0.25, 0.3) is 0 Å². The highest BCUT2D eigenvalue weighted by atomic mass is 32.2. The molecule has 2 atom stereocenters. The van der Waals surface area contributed by atoms with Gasteiger partial charge in [0, 0.05) is 6.04 Å². The second-order valence-electron chi connectivity index (χ2n) is 5.26. The number of hydrogen-bond acceptors (Lipinski definition) is 4. The highest BCUT2D eigenvalue weighted by Gasteiger charge is 2.36. The number of carboxylic acid groups (broad SMARTS) is 1. The van der Waals surface area contributed by atoms with Crippen LogP contribution < -0.4 is 9.46 Å². The predicted molar refractivity (Wildman–Crippen MR) is 76.8 cm³/mol. The Morgan fingerprint density at radius 3 is 2.71 bits per heavy atom. The van der Waals surface area contributed by atoms with Crippen molar-refractivity contribution in [3.8, 4) is 5.75 Å². The van der Waals surface area contributed by atoms with Gasteiger partial charge in [-0.2, -0.15) is 0 Å². The van der Waals surface area contributed by atoms with Crippen LogP contribution in [-0.4, -0.2) is 32.6 Å². The number of aliphatic carboxylic acids is 1. The van der Waals surface area contributed by atoms with Crippen LogP contribution in [0.5, 0.6) is 5.75 Å². The van der Waals surface area contributed by atoms with E-state index in [9.17, 15) is 13.2 Å². The van der Waals surface area contributed by atoms with Crippen molar-refractivity contribution in [1.82, 2.24) is 4.72 Å². The molecule has 2 rings (SSSR count). The summed E-state index contributed by atoms with van der Waals surface area (Å²) in [6.07, 6.45) is 1.73. The zero-order valence-electron chi connectivity index (χ0n) is 12.0. The third-order valence-corrected chi connectivity index (χ3v) is 5.26. The highest BCUT2D eigenvalue weighted by molar-refractivity contribution is 7.89. The highest BCUT2D eigenvalue weighted by Crippen LogP contribution is 2.30. The average molecular weight is 313 g/mol. The molecule has 2 N–H and O–H groups in total. The van der Waals surface area contributed by atoms with E-state index in [2.05, 4.69) is 4.72 Å². The van der Waals surface area contributed by atoms with E-state index < -0.39 is 28.0 Å². The normalized spacial score (nSPS) is 22.2. The van der Waals surface area contributed by atoms with Gasteiger partial charge in [0.05, 0.1) is 13.0 Å². The summed E-state index contributed by atoms with van der Waals surface area (Å²) < 4.78 is 32.6. The van der Waals surface area contributed by atoms with Crippen molar-refractivity contribution in [2.24, 2.45) is 5.92 Å². The van der Waals surface area contributed by atoms with E-state index in [-0.39, 0.29) is 10.6 Å². The SMILES string of the molecule is COc1ccc(C)cc1S(=O)(=O)NC1CCCC1C(=O)O. The van der Waals surface area contributed by atoms with Crippen molar-refractivity contribution in [3.63, 3.8) is 0 Å². The monoisotopic (exact) mass is 313 g/mol. The summed E-state index contributed by atoms with van der Waals surface area (Å²) in [6, 6.07) is 4.30. The summed E-state index contributed by atoms with van der Waals surface area (Å²) in [7, 11) is -2.41. The fourth-order valence-electron chi connectivity index (χ4n) is 2.65. The van der Waals surface area contributed by atoms with Crippen molar-refractivity contribution in [2.75, 3.05) is 7.11 Å². The van der Waals surface area contributed by atoms with Crippen LogP contribution in [0.2, 0.25) is 0 Å². The summed E-state index contributed by atoms with van der Waals surface area (Å²) in [5, 5.41) is 9.14. The topological polar surface area (TPSA) is 92.7 Å². The molecule has 0 heterocycles. The maximum absolute atomic E-state index is 12.5. The zero-order chi connectivity index (χ0) is 15.6. The van der Waals surface area contributed by atoms with Crippen LogP contribution in [0.3, 0.4) is 0 Å². The molecule has 0 aliphatic heterocycles. The predicted octanol–water partition coefficient (Wildman–Crippen LogP) is 1.54. The van der Waals surface area contributed by atoms with E-state index in [0.717, 1.165) is 5.56 Å². The molecule has 0 saturated heterocycles. The second-order valence-corrected chi connectivity index (χ2v) is 6.94. The third-order valence-electron chi connectivity index (χ3n) is 3.75. The van der Waals surface area contributed by atoms with Gasteiger partial charge in [-0.1, -0.05) is 12.5 Å².